The summed E-state index contributed by atoms with van der Waals surface area (Å²) in [6.45, 7) is 2.54. The molecule has 1 atom stereocenters. The quantitative estimate of drug-likeness (QED) is 0.311. The van der Waals surface area contributed by atoms with Crippen LogP contribution in [0.3, 0.4) is 0 Å². The Morgan fingerprint density at radius 1 is 1.55 bits per heavy atom. The van der Waals surface area contributed by atoms with Crippen LogP contribution in [-0.4, -0.2) is 35.9 Å². The lowest BCUT2D eigenvalue weighted by Gasteiger charge is -2.11. The molecule has 0 aromatic carbocycles. The van der Waals surface area contributed by atoms with Crippen molar-refractivity contribution < 1.29 is 4.74 Å². The third kappa shape index (κ3) is 7.01. The second-order valence-corrected chi connectivity index (χ2v) is 4.56. The summed E-state index contributed by atoms with van der Waals surface area (Å²) in [5, 5.41) is 6.32. The van der Waals surface area contributed by atoms with Crippen molar-refractivity contribution >= 4 is 23.3 Å². The first kappa shape index (κ1) is 16.3. The maximum Gasteiger partial charge on any atom is 0.197 e. The molecule has 4 N–H and O–H groups in total. The molecule has 20 heavy (non-hydrogen) atoms. The lowest BCUT2D eigenvalue weighted by Crippen LogP contribution is -2.44. The van der Waals surface area contributed by atoms with Gasteiger partial charge in [0.2, 0.25) is 0 Å². The van der Waals surface area contributed by atoms with Crippen LogP contribution in [0.4, 0.5) is 0 Å². The van der Waals surface area contributed by atoms with Crippen molar-refractivity contribution in [1.29, 1.82) is 0 Å². The number of aryl methyl sites for hydroxylation is 1. The van der Waals surface area contributed by atoms with Crippen LogP contribution >= 0.6 is 12.2 Å². The van der Waals surface area contributed by atoms with E-state index in [1.54, 1.807) is 20.2 Å². The van der Waals surface area contributed by atoms with Crippen molar-refractivity contribution in [2.75, 3.05) is 13.7 Å². The standard InChI is InChI=1S/C13H21N5OS/c1-10(19-2)17-12(14)18-13(20)16-9-5-7-11-6-3-4-8-15-11/h3-4,6,8,10H,5,7,9H2,1-2H3,(H4,14,16,17,18,20). The summed E-state index contributed by atoms with van der Waals surface area (Å²) in [7, 11) is 1.57. The maximum absolute atomic E-state index is 5.67. The van der Waals surface area contributed by atoms with Gasteiger partial charge in [0.25, 0.3) is 0 Å². The number of aliphatic imine (C=N–C) groups is 1. The van der Waals surface area contributed by atoms with Crippen molar-refractivity contribution in [2.45, 2.75) is 26.0 Å². The summed E-state index contributed by atoms with van der Waals surface area (Å²) in [5.41, 5.74) is 6.74. The van der Waals surface area contributed by atoms with E-state index in [4.69, 9.17) is 22.7 Å². The first-order valence-electron chi connectivity index (χ1n) is 6.42. The highest BCUT2D eigenvalue weighted by atomic mass is 32.1. The van der Waals surface area contributed by atoms with E-state index in [2.05, 4.69) is 20.6 Å². The van der Waals surface area contributed by atoms with Crippen LogP contribution < -0.4 is 16.4 Å². The number of methoxy groups -OCH3 is 1. The zero-order valence-electron chi connectivity index (χ0n) is 11.8. The number of guanidine groups is 1. The number of nitrogens with zero attached hydrogens (tertiary/aromatic N) is 2. The zero-order chi connectivity index (χ0) is 14.8. The smallest absolute Gasteiger partial charge is 0.197 e. The Morgan fingerprint density at radius 3 is 3.00 bits per heavy atom. The molecule has 0 amide bonds. The van der Waals surface area contributed by atoms with Gasteiger partial charge in [0, 0.05) is 25.5 Å². The van der Waals surface area contributed by atoms with Crippen molar-refractivity contribution in [3.05, 3.63) is 30.1 Å². The van der Waals surface area contributed by atoms with Gasteiger partial charge < -0.3 is 21.1 Å². The Morgan fingerprint density at radius 2 is 2.35 bits per heavy atom. The van der Waals surface area contributed by atoms with Gasteiger partial charge in [0.05, 0.1) is 0 Å². The average molecular weight is 295 g/mol. The van der Waals surface area contributed by atoms with E-state index in [0.717, 1.165) is 25.1 Å². The van der Waals surface area contributed by atoms with E-state index < -0.39 is 0 Å². The number of nitrogens with two attached hydrogens (primary N) is 1. The number of thiocarbonyl (C=S) groups is 1. The Kier molecular flexibility index (Phi) is 7.52. The van der Waals surface area contributed by atoms with Crippen molar-refractivity contribution in [3.8, 4) is 0 Å². The van der Waals surface area contributed by atoms with E-state index in [0.29, 0.717) is 5.11 Å². The lowest BCUT2D eigenvalue weighted by atomic mass is 10.2. The highest BCUT2D eigenvalue weighted by molar-refractivity contribution is 7.80. The molecule has 1 unspecified atom stereocenters. The largest absolute Gasteiger partial charge is 0.370 e. The van der Waals surface area contributed by atoms with Crippen LogP contribution in [0.15, 0.2) is 29.4 Å². The molecule has 6 nitrogen and oxygen atoms in total. The minimum atomic E-state index is -0.297. The van der Waals surface area contributed by atoms with Crippen LogP contribution in [-0.2, 0) is 11.2 Å². The number of ether oxygens (including phenoxy) is 1. The fraction of sp³-hybridized carbons (Fsp3) is 0.462. The van der Waals surface area contributed by atoms with Gasteiger partial charge in [-0.3, -0.25) is 4.98 Å². The molecule has 0 radical (unpaired) electrons. The molecule has 1 aromatic heterocycles. The van der Waals surface area contributed by atoms with E-state index in [1.807, 2.05) is 18.2 Å². The van der Waals surface area contributed by atoms with Crippen molar-refractivity contribution in [1.82, 2.24) is 15.6 Å². The Hall–Kier alpha value is -1.73. The summed E-state index contributed by atoms with van der Waals surface area (Å²) in [6.07, 6.45) is 3.34. The minimum Gasteiger partial charge on any atom is -0.370 e. The van der Waals surface area contributed by atoms with Gasteiger partial charge in [-0.25, -0.2) is 4.99 Å². The molecule has 0 saturated carbocycles. The zero-order valence-corrected chi connectivity index (χ0v) is 12.6. The van der Waals surface area contributed by atoms with Crippen LogP contribution in [0.2, 0.25) is 0 Å². The first-order chi connectivity index (χ1) is 9.61. The van der Waals surface area contributed by atoms with Gasteiger partial charge >= 0.3 is 0 Å². The third-order valence-electron chi connectivity index (χ3n) is 2.53. The minimum absolute atomic E-state index is 0.238. The molecule has 1 aromatic rings. The summed E-state index contributed by atoms with van der Waals surface area (Å²) in [6, 6.07) is 5.90. The summed E-state index contributed by atoms with van der Waals surface area (Å²) < 4.78 is 4.97. The highest BCUT2D eigenvalue weighted by Gasteiger charge is 2.01. The molecule has 0 aliphatic rings. The first-order valence-corrected chi connectivity index (χ1v) is 6.83. The lowest BCUT2D eigenvalue weighted by molar-refractivity contribution is 0.126. The van der Waals surface area contributed by atoms with E-state index in [1.165, 1.54) is 0 Å². The summed E-state index contributed by atoms with van der Waals surface area (Å²) >= 11 is 5.11. The number of nitrogens with one attached hydrogen (secondary N) is 2. The number of hydrogen-bond donors (Lipinski definition) is 3. The highest BCUT2D eigenvalue weighted by Crippen LogP contribution is 1.97. The van der Waals surface area contributed by atoms with Crippen LogP contribution in [0, 0.1) is 0 Å². The molecule has 1 heterocycles. The molecule has 0 bridgehead atoms. The molecule has 0 spiro atoms. The Labute approximate surface area is 124 Å². The van der Waals surface area contributed by atoms with Gasteiger partial charge in [-0.2, -0.15) is 0 Å². The summed E-state index contributed by atoms with van der Waals surface area (Å²) in [5.74, 6) is 0.238. The molecule has 7 heteroatoms. The average Bonchev–Trinajstić information content (AvgIpc) is 2.44. The van der Waals surface area contributed by atoms with Crippen molar-refractivity contribution in [2.24, 2.45) is 10.7 Å². The van der Waals surface area contributed by atoms with Crippen molar-refractivity contribution in [3.63, 3.8) is 0 Å². The molecular weight excluding hydrogens is 274 g/mol. The topological polar surface area (TPSA) is 84.6 Å². The van der Waals surface area contributed by atoms with E-state index >= 15 is 0 Å². The predicted molar refractivity (Wildman–Crippen MR) is 84.4 cm³/mol. The Bertz CT molecular complexity index is 438. The predicted octanol–water partition coefficient (Wildman–Crippen LogP) is 0.785. The van der Waals surface area contributed by atoms with Gasteiger partial charge in [-0.15, -0.1) is 0 Å². The number of rotatable bonds is 6. The number of pyridine rings is 1. The molecule has 1 rings (SSSR count). The van der Waals surface area contributed by atoms with E-state index in [-0.39, 0.29) is 12.2 Å². The normalized spacial score (nSPS) is 12.8. The van der Waals surface area contributed by atoms with Gasteiger partial charge in [0.15, 0.2) is 11.1 Å². The van der Waals surface area contributed by atoms with Gasteiger partial charge in [-0.1, -0.05) is 6.07 Å². The van der Waals surface area contributed by atoms with Crippen LogP contribution in [0.5, 0.6) is 0 Å². The molecular formula is C13H21N5OS. The molecule has 0 saturated heterocycles. The molecule has 0 fully saturated rings. The number of hydrogen-bond acceptors (Lipinski definition) is 4. The van der Waals surface area contributed by atoms with Gasteiger partial charge in [-0.05, 0) is 44.1 Å². The second-order valence-electron chi connectivity index (χ2n) is 4.15. The fourth-order valence-corrected chi connectivity index (χ4v) is 1.67. The molecule has 0 aliphatic carbocycles. The fourth-order valence-electron chi connectivity index (χ4n) is 1.46. The van der Waals surface area contributed by atoms with E-state index in [9.17, 15) is 0 Å². The maximum atomic E-state index is 5.67. The SMILES string of the molecule is COC(C)/N=C(\N)NC(=S)NCCCc1ccccn1. The monoisotopic (exact) mass is 295 g/mol. The number of aromatic nitrogens is 1. The second kappa shape index (κ2) is 9.22. The molecule has 0 aliphatic heterocycles. The third-order valence-corrected chi connectivity index (χ3v) is 2.77. The van der Waals surface area contributed by atoms with Crippen LogP contribution in [0.25, 0.3) is 0 Å². The van der Waals surface area contributed by atoms with Gasteiger partial charge in [0.1, 0.15) is 6.23 Å². The van der Waals surface area contributed by atoms with Crippen LogP contribution in [0.1, 0.15) is 19.0 Å². The summed E-state index contributed by atoms with van der Waals surface area (Å²) in [4.78, 5) is 8.29. The Balaban J connectivity index is 2.19. The molecule has 110 valence electrons.